The number of para-hydroxylation sites is 2. The summed E-state index contributed by atoms with van der Waals surface area (Å²) < 4.78 is 38.8. The molecule has 0 saturated carbocycles. The summed E-state index contributed by atoms with van der Waals surface area (Å²) in [6, 6.07) is 11.5. The normalized spacial score (nSPS) is 16.0. The molecule has 0 aliphatic carbocycles. The lowest BCUT2D eigenvalue weighted by atomic mass is 10.2. The topological polar surface area (TPSA) is 114 Å². The first-order valence-corrected chi connectivity index (χ1v) is 12.0. The summed E-state index contributed by atoms with van der Waals surface area (Å²) in [6.07, 6.45) is 1.93. The third-order valence-corrected chi connectivity index (χ3v) is 6.67. The average Bonchev–Trinajstić information content (AvgIpc) is 3.05. The predicted octanol–water partition coefficient (Wildman–Crippen LogP) is 2.28. The Hall–Kier alpha value is -3.11. The van der Waals surface area contributed by atoms with Gasteiger partial charge in [-0.05, 0) is 30.7 Å². The van der Waals surface area contributed by atoms with Crippen LogP contribution in [0, 0.1) is 0 Å². The molecule has 2 heterocycles. The minimum absolute atomic E-state index is 0.0228. The fourth-order valence-corrected chi connectivity index (χ4v) is 4.67. The van der Waals surface area contributed by atoms with Crippen molar-refractivity contribution in [1.29, 1.82) is 0 Å². The van der Waals surface area contributed by atoms with Gasteiger partial charge in [0.1, 0.15) is 0 Å². The molecule has 9 nitrogen and oxygen atoms in total. The van der Waals surface area contributed by atoms with Gasteiger partial charge in [-0.15, -0.1) is 0 Å². The van der Waals surface area contributed by atoms with E-state index in [0.29, 0.717) is 49.1 Å². The van der Waals surface area contributed by atoms with Crippen LogP contribution in [-0.4, -0.2) is 46.5 Å². The van der Waals surface area contributed by atoms with Gasteiger partial charge in [-0.1, -0.05) is 12.1 Å². The molecule has 2 amide bonds. The summed E-state index contributed by atoms with van der Waals surface area (Å²) in [5.41, 5.74) is 1.18. The molecule has 0 bridgehead atoms. The van der Waals surface area contributed by atoms with Gasteiger partial charge in [0.05, 0.1) is 29.5 Å². The molecule has 0 radical (unpaired) electrons. The van der Waals surface area contributed by atoms with Crippen molar-refractivity contribution < 1.29 is 27.5 Å². The number of carbonyl (C=O) groups excluding carboxylic acids is 2. The van der Waals surface area contributed by atoms with E-state index in [1.54, 1.807) is 35.2 Å². The standard InChI is InChI=1S/C22H25N3O6S/c26-21(24-17-5-1-2-6-18(17)25-12-3-7-22(25)27)10-11-23-32(28,29)16-8-9-19-20(15-16)31-14-4-13-30-19/h1-2,5-6,8-9,15,23H,3-4,7,10-14H2,(H,24,26). The van der Waals surface area contributed by atoms with Crippen LogP contribution in [0.3, 0.4) is 0 Å². The van der Waals surface area contributed by atoms with Gasteiger partial charge in [0.2, 0.25) is 21.8 Å². The molecular weight excluding hydrogens is 434 g/mol. The zero-order chi connectivity index (χ0) is 22.6. The van der Waals surface area contributed by atoms with Gasteiger partial charge in [0, 0.05) is 38.4 Å². The van der Waals surface area contributed by atoms with E-state index in [-0.39, 0.29) is 29.7 Å². The Labute approximate surface area is 186 Å². The Bertz CT molecular complexity index is 1120. The number of benzene rings is 2. The maximum Gasteiger partial charge on any atom is 0.240 e. The largest absolute Gasteiger partial charge is 0.490 e. The third-order valence-electron chi connectivity index (χ3n) is 5.22. The van der Waals surface area contributed by atoms with Crippen molar-refractivity contribution in [2.45, 2.75) is 30.6 Å². The summed E-state index contributed by atoms with van der Waals surface area (Å²) in [5, 5.41) is 2.78. The molecular formula is C22H25N3O6S. The van der Waals surface area contributed by atoms with Gasteiger partial charge in [-0.25, -0.2) is 13.1 Å². The Balaban J connectivity index is 1.35. The van der Waals surface area contributed by atoms with Crippen LogP contribution in [-0.2, 0) is 19.6 Å². The monoisotopic (exact) mass is 459 g/mol. The van der Waals surface area contributed by atoms with Gasteiger partial charge >= 0.3 is 0 Å². The number of rotatable bonds is 7. The molecule has 10 heteroatoms. The van der Waals surface area contributed by atoms with Crippen LogP contribution in [0.1, 0.15) is 25.7 Å². The van der Waals surface area contributed by atoms with Crippen LogP contribution in [0.4, 0.5) is 11.4 Å². The molecule has 2 N–H and O–H groups in total. The SMILES string of the molecule is O=C(CCNS(=O)(=O)c1ccc2c(c1)OCCCO2)Nc1ccccc1N1CCCC1=O. The lowest BCUT2D eigenvalue weighted by molar-refractivity contribution is -0.117. The maximum absolute atomic E-state index is 12.6. The second-order valence-electron chi connectivity index (χ2n) is 7.52. The van der Waals surface area contributed by atoms with Crippen molar-refractivity contribution in [3.05, 3.63) is 42.5 Å². The number of sulfonamides is 1. The maximum atomic E-state index is 12.6. The highest BCUT2D eigenvalue weighted by Crippen LogP contribution is 2.32. The van der Waals surface area contributed by atoms with E-state index >= 15 is 0 Å². The van der Waals surface area contributed by atoms with Crippen LogP contribution in [0.2, 0.25) is 0 Å². The molecule has 4 rings (SSSR count). The molecule has 1 fully saturated rings. The molecule has 2 aromatic rings. The van der Waals surface area contributed by atoms with Crippen molar-refractivity contribution in [3.8, 4) is 11.5 Å². The van der Waals surface area contributed by atoms with Crippen molar-refractivity contribution in [2.24, 2.45) is 0 Å². The number of hydrogen-bond donors (Lipinski definition) is 2. The van der Waals surface area contributed by atoms with Crippen molar-refractivity contribution >= 4 is 33.2 Å². The zero-order valence-electron chi connectivity index (χ0n) is 17.5. The summed E-state index contributed by atoms with van der Waals surface area (Å²) in [4.78, 5) is 26.2. The van der Waals surface area contributed by atoms with Crippen LogP contribution in [0.25, 0.3) is 0 Å². The highest BCUT2D eigenvalue weighted by molar-refractivity contribution is 7.89. The van der Waals surface area contributed by atoms with E-state index in [1.807, 2.05) is 0 Å². The molecule has 1 saturated heterocycles. The number of nitrogens with one attached hydrogen (secondary N) is 2. The molecule has 0 aromatic heterocycles. The van der Waals surface area contributed by atoms with Gasteiger partial charge in [-0.2, -0.15) is 0 Å². The lowest BCUT2D eigenvalue weighted by Gasteiger charge is -2.20. The second kappa shape index (κ2) is 9.58. The molecule has 2 aliphatic rings. The van der Waals surface area contributed by atoms with Gasteiger partial charge in [0.25, 0.3) is 0 Å². The minimum atomic E-state index is -3.82. The number of anilines is 2. The van der Waals surface area contributed by atoms with Crippen LogP contribution < -0.4 is 24.4 Å². The first-order chi connectivity index (χ1) is 15.4. The Morgan fingerprint density at radius 2 is 1.81 bits per heavy atom. The average molecular weight is 460 g/mol. The van der Waals surface area contributed by atoms with Crippen molar-refractivity contribution in [1.82, 2.24) is 4.72 Å². The first kappa shape index (κ1) is 22.1. The number of ether oxygens (including phenoxy) is 2. The zero-order valence-corrected chi connectivity index (χ0v) is 18.3. The fraction of sp³-hybridized carbons (Fsp3) is 0.364. The second-order valence-corrected chi connectivity index (χ2v) is 9.29. The highest BCUT2D eigenvalue weighted by Gasteiger charge is 2.24. The summed E-state index contributed by atoms with van der Waals surface area (Å²) >= 11 is 0. The highest BCUT2D eigenvalue weighted by atomic mass is 32.2. The van der Waals surface area contributed by atoms with E-state index in [1.165, 1.54) is 12.1 Å². The van der Waals surface area contributed by atoms with E-state index in [4.69, 9.17) is 9.47 Å². The van der Waals surface area contributed by atoms with Crippen LogP contribution in [0.15, 0.2) is 47.4 Å². The Morgan fingerprint density at radius 3 is 2.59 bits per heavy atom. The number of fused-ring (bicyclic) bond motifs is 1. The lowest BCUT2D eigenvalue weighted by Crippen LogP contribution is -2.29. The quantitative estimate of drug-likeness (QED) is 0.657. The van der Waals surface area contributed by atoms with Gasteiger partial charge < -0.3 is 19.7 Å². The molecule has 0 unspecified atom stereocenters. The van der Waals surface area contributed by atoms with Crippen LogP contribution in [0.5, 0.6) is 11.5 Å². The van der Waals surface area contributed by atoms with Crippen molar-refractivity contribution in [3.63, 3.8) is 0 Å². The minimum Gasteiger partial charge on any atom is -0.490 e. The number of hydrogen-bond acceptors (Lipinski definition) is 6. The van der Waals surface area contributed by atoms with Gasteiger partial charge in [0.15, 0.2) is 11.5 Å². The number of carbonyl (C=O) groups is 2. The number of nitrogens with zero attached hydrogens (tertiary/aromatic N) is 1. The molecule has 0 spiro atoms. The third kappa shape index (κ3) is 5.03. The van der Waals surface area contributed by atoms with E-state index in [0.717, 1.165) is 12.8 Å². The molecule has 32 heavy (non-hydrogen) atoms. The molecule has 2 aliphatic heterocycles. The summed E-state index contributed by atoms with van der Waals surface area (Å²) in [7, 11) is -3.82. The molecule has 2 aromatic carbocycles. The summed E-state index contributed by atoms with van der Waals surface area (Å²) in [6.45, 7) is 1.50. The number of amides is 2. The van der Waals surface area contributed by atoms with Gasteiger partial charge in [-0.3, -0.25) is 9.59 Å². The summed E-state index contributed by atoms with van der Waals surface area (Å²) in [5.74, 6) is 0.562. The fourth-order valence-electron chi connectivity index (χ4n) is 3.62. The van der Waals surface area contributed by atoms with Crippen LogP contribution >= 0.6 is 0 Å². The molecule has 170 valence electrons. The van der Waals surface area contributed by atoms with E-state index < -0.39 is 10.0 Å². The predicted molar refractivity (Wildman–Crippen MR) is 119 cm³/mol. The Kier molecular flexibility index (Phi) is 6.61. The van der Waals surface area contributed by atoms with E-state index in [2.05, 4.69) is 10.0 Å². The van der Waals surface area contributed by atoms with E-state index in [9.17, 15) is 18.0 Å². The smallest absolute Gasteiger partial charge is 0.240 e. The Morgan fingerprint density at radius 1 is 1.03 bits per heavy atom. The van der Waals surface area contributed by atoms with Crippen molar-refractivity contribution in [2.75, 3.05) is 36.5 Å². The first-order valence-electron chi connectivity index (χ1n) is 10.5. The molecule has 0 atom stereocenters.